The maximum atomic E-state index is 11.6. The van der Waals surface area contributed by atoms with Gasteiger partial charge in [-0.15, -0.1) is 0 Å². The molecule has 0 spiro atoms. The third-order valence-corrected chi connectivity index (χ3v) is 2.24. The van der Waals surface area contributed by atoms with Gasteiger partial charge in [0.1, 0.15) is 5.75 Å². The molecule has 3 heteroatoms. The Labute approximate surface area is 90.0 Å². The molecule has 0 fully saturated rings. The van der Waals surface area contributed by atoms with Crippen LogP contribution in [0.25, 0.3) is 0 Å². The number of benzene rings is 1. The Morgan fingerprint density at radius 1 is 1.27 bits per heavy atom. The zero-order valence-corrected chi connectivity index (χ0v) is 9.59. The molecule has 1 aromatic rings. The monoisotopic (exact) mass is 208 g/mol. The fraction of sp³-hybridized carbons (Fsp3) is 0.417. The molecule has 15 heavy (non-hydrogen) atoms. The molecule has 0 aliphatic rings. The van der Waals surface area contributed by atoms with Crippen LogP contribution >= 0.6 is 0 Å². The van der Waals surface area contributed by atoms with Crippen molar-refractivity contribution in [3.8, 4) is 5.75 Å². The van der Waals surface area contributed by atoms with Crippen molar-refractivity contribution in [3.63, 3.8) is 0 Å². The summed E-state index contributed by atoms with van der Waals surface area (Å²) in [4.78, 5) is 11.6. The standard InChI is InChI=1S/C12H16O3/c1-5-15-12(13)10-6-9(3)11(14-4)7-8(10)2/h6-7H,5H2,1-4H3. The SMILES string of the molecule is CCOC(=O)c1cc(C)c(OC)cc1C. The molecular formula is C12H16O3. The summed E-state index contributed by atoms with van der Waals surface area (Å²) in [7, 11) is 1.62. The first kappa shape index (κ1) is 11.6. The van der Waals surface area contributed by atoms with E-state index < -0.39 is 0 Å². The first-order valence-electron chi connectivity index (χ1n) is 4.92. The van der Waals surface area contributed by atoms with Crippen LogP contribution in [0.15, 0.2) is 12.1 Å². The van der Waals surface area contributed by atoms with Gasteiger partial charge in [-0.2, -0.15) is 0 Å². The van der Waals surface area contributed by atoms with Crippen LogP contribution in [0.5, 0.6) is 5.75 Å². The lowest BCUT2D eigenvalue weighted by molar-refractivity contribution is 0.0525. The summed E-state index contributed by atoms with van der Waals surface area (Å²) in [6.07, 6.45) is 0. The van der Waals surface area contributed by atoms with Crippen LogP contribution in [-0.4, -0.2) is 19.7 Å². The van der Waals surface area contributed by atoms with Crippen LogP contribution < -0.4 is 4.74 Å². The van der Waals surface area contributed by atoms with Gasteiger partial charge in [-0.25, -0.2) is 4.79 Å². The van der Waals surface area contributed by atoms with Crippen LogP contribution in [0.2, 0.25) is 0 Å². The van der Waals surface area contributed by atoms with Gasteiger partial charge in [0.25, 0.3) is 0 Å². The van der Waals surface area contributed by atoms with E-state index in [1.54, 1.807) is 20.1 Å². The molecule has 0 N–H and O–H groups in total. The first-order chi connectivity index (χ1) is 7.10. The number of methoxy groups -OCH3 is 1. The molecule has 0 heterocycles. The van der Waals surface area contributed by atoms with Crippen molar-refractivity contribution < 1.29 is 14.3 Å². The van der Waals surface area contributed by atoms with Crippen LogP contribution in [0.4, 0.5) is 0 Å². The first-order valence-corrected chi connectivity index (χ1v) is 4.92. The Morgan fingerprint density at radius 2 is 1.93 bits per heavy atom. The van der Waals surface area contributed by atoms with Gasteiger partial charge in [0.15, 0.2) is 0 Å². The van der Waals surface area contributed by atoms with Gasteiger partial charge >= 0.3 is 5.97 Å². The predicted octanol–water partition coefficient (Wildman–Crippen LogP) is 2.49. The van der Waals surface area contributed by atoms with E-state index in [-0.39, 0.29) is 5.97 Å². The van der Waals surface area contributed by atoms with Crippen LogP contribution in [0.3, 0.4) is 0 Å². The lowest BCUT2D eigenvalue weighted by Crippen LogP contribution is -2.07. The van der Waals surface area contributed by atoms with E-state index in [0.29, 0.717) is 12.2 Å². The van der Waals surface area contributed by atoms with Gasteiger partial charge in [0.05, 0.1) is 19.3 Å². The van der Waals surface area contributed by atoms with Gasteiger partial charge in [-0.1, -0.05) is 0 Å². The molecule has 0 bridgehead atoms. The minimum absolute atomic E-state index is 0.277. The number of rotatable bonds is 3. The van der Waals surface area contributed by atoms with E-state index in [4.69, 9.17) is 9.47 Å². The zero-order chi connectivity index (χ0) is 11.4. The highest BCUT2D eigenvalue weighted by atomic mass is 16.5. The Balaban J connectivity index is 3.10. The van der Waals surface area contributed by atoms with Crippen molar-refractivity contribution in [2.75, 3.05) is 13.7 Å². The second-order valence-electron chi connectivity index (χ2n) is 3.36. The minimum Gasteiger partial charge on any atom is -0.496 e. The molecule has 3 nitrogen and oxygen atoms in total. The molecule has 0 aliphatic heterocycles. The Bertz CT molecular complexity index is 369. The van der Waals surface area contributed by atoms with Crippen molar-refractivity contribution in [2.45, 2.75) is 20.8 Å². The molecule has 0 radical (unpaired) electrons. The number of hydrogen-bond donors (Lipinski definition) is 0. The van der Waals surface area contributed by atoms with E-state index in [2.05, 4.69) is 0 Å². The van der Waals surface area contributed by atoms with E-state index in [1.807, 2.05) is 19.9 Å². The van der Waals surface area contributed by atoms with Crippen molar-refractivity contribution in [1.29, 1.82) is 0 Å². The molecule has 0 amide bonds. The molecule has 0 atom stereocenters. The largest absolute Gasteiger partial charge is 0.496 e. The summed E-state index contributed by atoms with van der Waals surface area (Å²) in [5.74, 6) is 0.515. The number of aryl methyl sites for hydroxylation is 2. The molecule has 0 saturated carbocycles. The van der Waals surface area contributed by atoms with Gasteiger partial charge in [-0.3, -0.25) is 0 Å². The quantitative estimate of drug-likeness (QED) is 0.716. The topological polar surface area (TPSA) is 35.5 Å². The highest BCUT2D eigenvalue weighted by Gasteiger charge is 2.12. The Kier molecular flexibility index (Phi) is 3.72. The van der Waals surface area contributed by atoms with Gasteiger partial charge in [0.2, 0.25) is 0 Å². The average Bonchev–Trinajstić information content (AvgIpc) is 2.21. The van der Waals surface area contributed by atoms with Gasteiger partial charge in [0, 0.05) is 0 Å². The minimum atomic E-state index is -0.277. The van der Waals surface area contributed by atoms with Crippen molar-refractivity contribution in [1.82, 2.24) is 0 Å². The van der Waals surface area contributed by atoms with E-state index >= 15 is 0 Å². The van der Waals surface area contributed by atoms with Gasteiger partial charge < -0.3 is 9.47 Å². The Morgan fingerprint density at radius 3 is 2.47 bits per heavy atom. The van der Waals surface area contributed by atoms with Crippen molar-refractivity contribution in [3.05, 3.63) is 28.8 Å². The third-order valence-electron chi connectivity index (χ3n) is 2.24. The summed E-state index contributed by atoms with van der Waals surface area (Å²) in [6.45, 7) is 5.96. The fourth-order valence-electron chi connectivity index (χ4n) is 1.44. The highest BCUT2D eigenvalue weighted by molar-refractivity contribution is 5.91. The van der Waals surface area contributed by atoms with Crippen molar-refractivity contribution >= 4 is 5.97 Å². The maximum absolute atomic E-state index is 11.6. The molecular weight excluding hydrogens is 192 g/mol. The molecule has 0 aliphatic carbocycles. The van der Waals surface area contributed by atoms with Crippen LogP contribution in [-0.2, 0) is 4.74 Å². The number of carbonyl (C=O) groups is 1. The molecule has 1 rings (SSSR count). The zero-order valence-electron chi connectivity index (χ0n) is 9.59. The number of esters is 1. The van der Waals surface area contributed by atoms with Crippen molar-refractivity contribution in [2.24, 2.45) is 0 Å². The van der Waals surface area contributed by atoms with Gasteiger partial charge in [-0.05, 0) is 44.0 Å². The average molecular weight is 208 g/mol. The van der Waals surface area contributed by atoms with E-state index in [1.165, 1.54) is 0 Å². The lowest BCUT2D eigenvalue weighted by atomic mass is 10.0. The summed E-state index contributed by atoms with van der Waals surface area (Å²) < 4.78 is 10.1. The second kappa shape index (κ2) is 4.82. The Hall–Kier alpha value is -1.51. The summed E-state index contributed by atoms with van der Waals surface area (Å²) >= 11 is 0. The predicted molar refractivity (Wildman–Crippen MR) is 58.4 cm³/mol. The third kappa shape index (κ3) is 2.49. The number of carbonyl (C=O) groups excluding carboxylic acids is 1. The molecule has 82 valence electrons. The second-order valence-corrected chi connectivity index (χ2v) is 3.36. The highest BCUT2D eigenvalue weighted by Crippen LogP contribution is 2.22. The summed E-state index contributed by atoms with van der Waals surface area (Å²) in [5, 5.41) is 0. The molecule has 0 saturated heterocycles. The van der Waals surface area contributed by atoms with Crippen LogP contribution in [0, 0.1) is 13.8 Å². The summed E-state index contributed by atoms with van der Waals surface area (Å²) in [6, 6.07) is 3.65. The molecule has 0 aromatic heterocycles. The summed E-state index contributed by atoms with van der Waals surface area (Å²) in [5.41, 5.74) is 2.41. The normalized spacial score (nSPS) is 9.87. The van der Waals surface area contributed by atoms with E-state index in [9.17, 15) is 4.79 Å². The number of hydrogen-bond acceptors (Lipinski definition) is 3. The smallest absolute Gasteiger partial charge is 0.338 e. The molecule has 1 aromatic carbocycles. The maximum Gasteiger partial charge on any atom is 0.338 e. The number of ether oxygens (including phenoxy) is 2. The van der Waals surface area contributed by atoms with Crippen LogP contribution in [0.1, 0.15) is 28.4 Å². The lowest BCUT2D eigenvalue weighted by Gasteiger charge is -2.10. The van der Waals surface area contributed by atoms with E-state index in [0.717, 1.165) is 16.9 Å². The molecule has 0 unspecified atom stereocenters. The fourth-order valence-corrected chi connectivity index (χ4v) is 1.44.